The van der Waals surface area contributed by atoms with E-state index >= 15 is 0 Å². The van der Waals surface area contributed by atoms with Gasteiger partial charge in [0.15, 0.2) is 11.6 Å². The van der Waals surface area contributed by atoms with Crippen LogP contribution in [0.1, 0.15) is 26.3 Å². The minimum absolute atomic E-state index is 0.0759. The Morgan fingerprint density at radius 3 is 2.48 bits per heavy atom. The lowest BCUT2D eigenvalue weighted by Crippen LogP contribution is -2.18. The van der Waals surface area contributed by atoms with Crippen LogP contribution in [0.3, 0.4) is 0 Å². The van der Waals surface area contributed by atoms with Crippen molar-refractivity contribution in [3.8, 4) is 5.75 Å². The minimum atomic E-state index is -0.108. The molecule has 0 fully saturated rings. The summed E-state index contributed by atoms with van der Waals surface area (Å²) in [5, 5.41) is 0. The highest BCUT2D eigenvalue weighted by molar-refractivity contribution is 6.24. The molecule has 0 N–H and O–H groups in total. The zero-order valence-electron chi connectivity index (χ0n) is 11.6. The smallest absolute Gasteiger partial charge is 0.190 e. The van der Waals surface area contributed by atoms with Gasteiger partial charge in [0.1, 0.15) is 5.75 Å². The number of ketones is 2. The average molecular weight is 278 g/mol. The van der Waals surface area contributed by atoms with E-state index in [1.807, 2.05) is 24.3 Å². The molecule has 3 nitrogen and oxygen atoms in total. The number of benzene rings is 2. The molecular formula is C18H14O3. The molecule has 0 aliphatic heterocycles. The van der Waals surface area contributed by atoms with Gasteiger partial charge in [0.25, 0.3) is 0 Å². The fraction of sp³-hybridized carbons (Fsp3) is 0.111. The number of allylic oxidation sites excluding steroid dienone is 2. The Balaban J connectivity index is 1.93. The van der Waals surface area contributed by atoms with Crippen LogP contribution in [0.5, 0.6) is 5.75 Å². The summed E-state index contributed by atoms with van der Waals surface area (Å²) in [5.41, 5.74) is 2.44. The van der Waals surface area contributed by atoms with Gasteiger partial charge >= 0.3 is 0 Å². The van der Waals surface area contributed by atoms with Crippen LogP contribution in [-0.2, 0) is 6.42 Å². The number of Topliss-reactive ketones (excluding diaryl/α,β-unsaturated/α-hetero) is 1. The summed E-state index contributed by atoms with van der Waals surface area (Å²) in [7, 11) is 1.60. The minimum Gasteiger partial charge on any atom is -0.497 e. The van der Waals surface area contributed by atoms with Gasteiger partial charge in [0.2, 0.25) is 0 Å². The second kappa shape index (κ2) is 5.37. The van der Waals surface area contributed by atoms with Crippen molar-refractivity contribution in [1.29, 1.82) is 0 Å². The molecule has 1 aliphatic carbocycles. The van der Waals surface area contributed by atoms with E-state index < -0.39 is 0 Å². The van der Waals surface area contributed by atoms with Crippen LogP contribution in [0.25, 0.3) is 0 Å². The molecule has 0 aromatic heterocycles. The molecule has 0 unspecified atom stereocenters. The summed E-state index contributed by atoms with van der Waals surface area (Å²) in [6.07, 6.45) is 1.88. The van der Waals surface area contributed by atoms with Crippen molar-refractivity contribution in [1.82, 2.24) is 0 Å². The summed E-state index contributed by atoms with van der Waals surface area (Å²) in [6, 6.07) is 14.4. The molecular weight excluding hydrogens is 264 g/mol. The largest absolute Gasteiger partial charge is 0.497 e. The van der Waals surface area contributed by atoms with E-state index in [1.165, 1.54) is 6.08 Å². The quantitative estimate of drug-likeness (QED) is 0.865. The fourth-order valence-electron chi connectivity index (χ4n) is 2.50. The number of methoxy groups -OCH3 is 1. The first-order valence-electron chi connectivity index (χ1n) is 6.70. The lowest BCUT2D eigenvalue weighted by atomic mass is 9.87. The van der Waals surface area contributed by atoms with Gasteiger partial charge in [-0.2, -0.15) is 0 Å². The molecule has 2 aromatic carbocycles. The van der Waals surface area contributed by atoms with Crippen LogP contribution < -0.4 is 4.74 Å². The second-order valence-electron chi connectivity index (χ2n) is 4.94. The number of hydrogen-bond donors (Lipinski definition) is 0. The lowest BCUT2D eigenvalue weighted by Gasteiger charge is -2.15. The molecule has 0 atom stereocenters. The predicted octanol–water partition coefficient (Wildman–Crippen LogP) is 3.24. The molecule has 3 heteroatoms. The molecule has 0 spiro atoms. The van der Waals surface area contributed by atoms with Gasteiger partial charge in [-0.3, -0.25) is 9.59 Å². The number of carbonyl (C=O) groups excluding carboxylic acids is 2. The van der Waals surface area contributed by atoms with Gasteiger partial charge in [-0.15, -0.1) is 0 Å². The highest BCUT2D eigenvalue weighted by Gasteiger charge is 2.24. The van der Waals surface area contributed by atoms with Gasteiger partial charge in [-0.05, 0) is 23.8 Å². The molecule has 0 bridgehead atoms. The van der Waals surface area contributed by atoms with Crippen LogP contribution in [0, 0.1) is 0 Å². The van der Waals surface area contributed by atoms with E-state index in [2.05, 4.69) is 0 Å². The molecule has 2 aromatic rings. The molecule has 1 aliphatic rings. The van der Waals surface area contributed by atoms with Crippen molar-refractivity contribution in [3.63, 3.8) is 0 Å². The normalized spacial score (nSPS) is 13.7. The van der Waals surface area contributed by atoms with E-state index in [4.69, 9.17) is 4.74 Å². The molecule has 0 heterocycles. The van der Waals surface area contributed by atoms with E-state index in [1.54, 1.807) is 31.4 Å². The van der Waals surface area contributed by atoms with Gasteiger partial charge < -0.3 is 4.74 Å². The monoisotopic (exact) mass is 278 g/mol. The highest BCUT2D eigenvalue weighted by atomic mass is 16.5. The third-order valence-electron chi connectivity index (χ3n) is 3.56. The summed E-state index contributed by atoms with van der Waals surface area (Å²) in [5.74, 6) is 0.555. The Kier molecular flexibility index (Phi) is 3.40. The van der Waals surface area contributed by atoms with Gasteiger partial charge in [0.05, 0.1) is 7.11 Å². The van der Waals surface area contributed by atoms with Crippen molar-refractivity contribution < 1.29 is 14.3 Å². The molecule has 104 valence electrons. The fourth-order valence-corrected chi connectivity index (χ4v) is 2.50. The van der Waals surface area contributed by atoms with Crippen LogP contribution in [0.4, 0.5) is 0 Å². The maximum atomic E-state index is 12.5. The van der Waals surface area contributed by atoms with Crippen LogP contribution in [0.2, 0.25) is 0 Å². The first-order chi connectivity index (χ1) is 10.2. The van der Waals surface area contributed by atoms with Gasteiger partial charge in [-0.25, -0.2) is 0 Å². The van der Waals surface area contributed by atoms with Crippen LogP contribution in [-0.4, -0.2) is 18.7 Å². The summed E-state index contributed by atoms with van der Waals surface area (Å²) < 4.78 is 5.18. The molecule has 3 rings (SSSR count). The Morgan fingerprint density at radius 2 is 1.71 bits per heavy atom. The molecule has 0 amide bonds. The SMILES string of the molecule is COc1cccc(CC2=CC(=O)c3ccccc3C2=O)c1. The summed E-state index contributed by atoms with van der Waals surface area (Å²) in [6.45, 7) is 0. The number of ether oxygens (including phenoxy) is 1. The van der Waals surface area contributed by atoms with E-state index in [-0.39, 0.29) is 11.6 Å². The highest BCUT2D eigenvalue weighted by Crippen LogP contribution is 2.24. The number of fused-ring (bicyclic) bond motifs is 1. The summed E-state index contributed by atoms with van der Waals surface area (Å²) >= 11 is 0. The topological polar surface area (TPSA) is 43.4 Å². The predicted molar refractivity (Wildman–Crippen MR) is 79.9 cm³/mol. The molecule has 0 radical (unpaired) electrons. The third kappa shape index (κ3) is 2.50. The van der Waals surface area contributed by atoms with Crippen LogP contribution >= 0.6 is 0 Å². The molecule has 0 saturated carbocycles. The van der Waals surface area contributed by atoms with Crippen molar-refractivity contribution in [3.05, 3.63) is 76.9 Å². The number of carbonyl (C=O) groups is 2. The first kappa shape index (κ1) is 13.3. The molecule has 21 heavy (non-hydrogen) atoms. The van der Waals surface area contributed by atoms with Gasteiger partial charge in [0, 0.05) is 23.1 Å². The van der Waals surface area contributed by atoms with Crippen molar-refractivity contribution >= 4 is 11.6 Å². The van der Waals surface area contributed by atoms with Crippen molar-refractivity contribution in [2.75, 3.05) is 7.11 Å². The summed E-state index contributed by atoms with van der Waals surface area (Å²) in [4.78, 5) is 24.6. The zero-order chi connectivity index (χ0) is 14.8. The average Bonchev–Trinajstić information content (AvgIpc) is 2.52. The van der Waals surface area contributed by atoms with Crippen molar-refractivity contribution in [2.24, 2.45) is 0 Å². The Bertz CT molecular complexity index is 757. The van der Waals surface area contributed by atoms with Gasteiger partial charge in [-0.1, -0.05) is 36.4 Å². The number of hydrogen-bond acceptors (Lipinski definition) is 3. The van der Waals surface area contributed by atoms with Crippen molar-refractivity contribution in [2.45, 2.75) is 6.42 Å². The standard InChI is InChI=1S/C18H14O3/c1-21-14-6-4-5-12(10-14)9-13-11-17(19)15-7-2-3-8-16(15)18(13)20/h2-8,10-11H,9H2,1H3. The van der Waals surface area contributed by atoms with Crippen LogP contribution in [0.15, 0.2) is 60.2 Å². The zero-order valence-corrected chi connectivity index (χ0v) is 11.6. The Morgan fingerprint density at radius 1 is 0.952 bits per heavy atom. The number of rotatable bonds is 3. The lowest BCUT2D eigenvalue weighted by molar-refractivity contribution is 0.0982. The maximum Gasteiger partial charge on any atom is 0.190 e. The molecule has 0 saturated heterocycles. The Labute approximate surface area is 122 Å². The van der Waals surface area contributed by atoms with E-state index in [0.29, 0.717) is 23.1 Å². The third-order valence-corrected chi connectivity index (χ3v) is 3.56. The van der Waals surface area contributed by atoms with E-state index in [9.17, 15) is 9.59 Å². The second-order valence-corrected chi connectivity index (χ2v) is 4.94. The Hall–Kier alpha value is -2.68. The van der Waals surface area contributed by atoms with E-state index in [0.717, 1.165) is 11.3 Å². The maximum absolute atomic E-state index is 12.5. The first-order valence-corrected chi connectivity index (χ1v) is 6.70.